The van der Waals surface area contributed by atoms with Crippen molar-refractivity contribution in [1.29, 1.82) is 5.26 Å². The molecule has 0 spiro atoms. The molecule has 2 heterocycles. The Bertz CT molecular complexity index is 854. The second kappa shape index (κ2) is 9.46. The summed E-state index contributed by atoms with van der Waals surface area (Å²) < 4.78 is 27.1. The molecule has 2 fully saturated rings. The lowest BCUT2D eigenvalue weighted by molar-refractivity contribution is -0.132. The molecule has 1 saturated heterocycles. The minimum absolute atomic E-state index is 0.0924. The Morgan fingerprint density at radius 2 is 2.03 bits per heavy atom. The van der Waals surface area contributed by atoms with Gasteiger partial charge in [0.25, 0.3) is 5.92 Å². The standard InChI is InChI=1S/C23H27F2N3O2/c1-16-2-4-17(5-3-16)6-7-18-14-27-11-10-20(18)21(29)8-9-22(30)28-15-23(24,25)12-19(28)13-26/h6-7,10-11,14,16-17,19H,2-5,8-9,12,15H2,1H3/b7-6+/t16?,17?,19-/m0/s1. The van der Waals surface area contributed by atoms with Gasteiger partial charge in [0.05, 0.1) is 12.6 Å². The van der Waals surface area contributed by atoms with Crippen LogP contribution < -0.4 is 0 Å². The second-order valence-electron chi connectivity index (χ2n) is 8.49. The fourth-order valence-electron chi connectivity index (χ4n) is 4.20. The van der Waals surface area contributed by atoms with E-state index < -0.39 is 30.8 Å². The fourth-order valence-corrected chi connectivity index (χ4v) is 4.20. The van der Waals surface area contributed by atoms with Gasteiger partial charge in [-0.2, -0.15) is 5.26 Å². The number of amides is 1. The van der Waals surface area contributed by atoms with E-state index >= 15 is 0 Å². The predicted octanol–water partition coefficient (Wildman–Crippen LogP) is 4.64. The molecule has 0 aromatic carbocycles. The Hall–Kier alpha value is -2.62. The van der Waals surface area contributed by atoms with Crippen molar-refractivity contribution in [2.24, 2.45) is 11.8 Å². The molecular formula is C23H27F2N3O2. The number of pyridine rings is 1. The first-order valence-corrected chi connectivity index (χ1v) is 10.5. The smallest absolute Gasteiger partial charge is 0.268 e. The molecule has 5 nitrogen and oxygen atoms in total. The molecule has 1 saturated carbocycles. The van der Waals surface area contributed by atoms with Crippen molar-refractivity contribution in [2.75, 3.05) is 6.54 Å². The van der Waals surface area contributed by atoms with E-state index in [9.17, 15) is 18.4 Å². The summed E-state index contributed by atoms with van der Waals surface area (Å²) in [7, 11) is 0. The second-order valence-corrected chi connectivity index (χ2v) is 8.49. The van der Waals surface area contributed by atoms with Gasteiger partial charge in [0, 0.05) is 42.8 Å². The molecule has 0 radical (unpaired) electrons. The highest BCUT2D eigenvalue weighted by atomic mass is 19.3. The Kier molecular flexibility index (Phi) is 6.96. The van der Waals surface area contributed by atoms with Crippen LogP contribution in [-0.2, 0) is 4.79 Å². The van der Waals surface area contributed by atoms with E-state index in [1.807, 2.05) is 6.08 Å². The van der Waals surface area contributed by atoms with Gasteiger partial charge >= 0.3 is 0 Å². The molecule has 160 valence electrons. The number of nitrogens with zero attached hydrogens (tertiary/aromatic N) is 3. The van der Waals surface area contributed by atoms with Crippen molar-refractivity contribution < 1.29 is 18.4 Å². The zero-order valence-electron chi connectivity index (χ0n) is 17.2. The summed E-state index contributed by atoms with van der Waals surface area (Å²) in [4.78, 5) is 30.1. The lowest BCUT2D eigenvalue weighted by Gasteiger charge is -2.23. The topological polar surface area (TPSA) is 74.1 Å². The maximum absolute atomic E-state index is 13.5. The molecule has 7 heteroatoms. The SMILES string of the molecule is CC1CCC(/C=C/c2cnccc2C(=O)CCC(=O)N2CC(F)(F)C[C@H]2C#N)CC1. The maximum atomic E-state index is 13.5. The number of Topliss-reactive ketones (excluding diaryl/α,β-unsaturated/α-hetero) is 1. The van der Waals surface area contributed by atoms with E-state index in [0.29, 0.717) is 17.0 Å². The van der Waals surface area contributed by atoms with Crippen LogP contribution >= 0.6 is 0 Å². The van der Waals surface area contributed by atoms with Crippen molar-refractivity contribution in [2.45, 2.75) is 63.8 Å². The lowest BCUT2D eigenvalue weighted by Crippen LogP contribution is -2.36. The number of halogens is 2. The van der Waals surface area contributed by atoms with Crippen LogP contribution in [0.2, 0.25) is 0 Å². The minimum atomic E-state index is -3.06. The minimum Gasteiger partial charge on any atom is -0.320 e. The monoisotopic (exact) mass is 415 g/mol. The van der Waals surface area contributed by atoms with E-state index in [4.69, 9.17) is 5.26 Å². The summed E-state index contributed by atoms with van der Waals surface area (Å²) >= 11 is 0. The number of hydrogen-bond acceptors (Lipinski definition) is 4. The van der Waals surface area contributed by atoms with Crippen molar-refractivity contribution in [3.63, 3.8) is 0 Å². The number of ketones is 1. The van der Waals surface area contributed by atoms with E-state index in [0.717, 1.165) is 23.7 Å². The molecule has 1 atom stereocenters. The third-order valence-corrected chi connectivity index (χ3v) is 6.07. The van der Waals surface area contributed by atoms with Gasteiger partial charge in [-0.25, -0.2) is 8.78 Å². The van der Waals surface area contributed by atoms with Crippen LogP contribution in [0.3, 0.4) is 0 Å². The number of alkyl halides is 2. The molecule has 0 unspecified atom stereocenters. The number of allylic oxidation sites excluding steroid dienone is 1. The maximum Gasteiger partial charge on any atom is 0.268 e. The average molecular weight is 415 g/mol. The normalized spacial score (nSPS) is 25.9. The van der Waals surface area contributed by atoms with Crippen LogP contribution in [0.15, 0.2) is 24.5 Å². The fraction of sp³-hybridized carbons (Fsp3) is 0.565. The highest BCUT2D eigenvalue weighted by Gasteiger charge is 2.47. The third-order valence-electron chi connectivity index (χ3n) is 6.07. The summed E-state index contributed by atoms with van der Waals surface area (Å²) in [6, 6.07) is 2.24. The number of aromatic nitrogens is 1. The number of likely N-dealkylation sites (tertiary alicyclic amines) is 1. The van der Waals surface area contributed by atoms with Gasteiger partial charge in [-0.15, -0.1) is 0 Å². The first-order valence-electron chi connectivity index (χ1n) is 10.5. The summed E-state index contributed by atoms with van der Waals surface area (Å²) in [5.74, 6) is -2.62. The first kappa shape index (κ1) is 22.1. The van der Waals surface area contributed by atoms with Crippen LogP contribution in [0.4, 0.5) is 8.78 Å². The van der Waals surface area contributed by atoms with Crippen LogP contribution in [0.1, 0.15) is 67.8 Å². The predicted molar refractivity (Wildman–Crippen MR) is 109 cm³/mol. The zero-order chi connectivity index (χ0) is 21.7. The van der Waals surface area contributed by atoms with Crippen molar-refractivity contribution in [3.05, 3.63) is 35.7 Å². The first-order chi connectivity index (χ1) is 14.3. The van der Waals surface area contributed by atoms with Crippen LogP contribution in [0, 0.1) is 23.2 Å². The zero-order valence-corrected chi connectivity index (χ0v) is 17.2. The van der Waals surface area contributed by atoms with E-state index in [1.54, 1.807) is 18.3 Å². The van der Waals surface area contributed by atoms with Gasteiger partial charge in [-0.1, -0.05) is 31.9 Å². The molecule has 1 amide bonds. The van der Waals surface area contributed by atoms with Gasteiger partial charge in [0.1, 0.15) is 6.04 Å². The largest absolute Gasteiger partial charge is 0.320 e. The molecular weight excluding hydrogens is 388 g/mol. The highest BCUT2D eigenvalue weighted by Crippen LogP contribution is 2.32. The third kappa shape index (κ3) is 5.50. The summed E-state index contributed by atoms with van der Waals surface area (Å²) in [6.45, 7) is 1.50. The van der Waals surface area contributed by atoms with E-state index in [1.165, 1.54) is 19.0 Å². The van der Waals surface area contributed by atoms with Crippen molar-refractivity contribution in [1.82, 2.24) is 9.88 Å². The quantitative estimate of drug-likeness (QED) is 0.634. The van der Waals surface area contributed by atoms with Crippen LogP contribution in [0.5, 0.6) is 0 Å². The molecule has 0 N–H and O–H groups in total. The Balaban J connectivity index is 1.61. The summed E-state index contributed by atoms with van der Waals surface area (Å²) in [6.07, 6.45) is 11.0. The number of hydrogen-bond donors (Lipinski definition) is 0. The van der Waals surface area contributed by atoms with Crippen LogP contribution in [-0.4, -0.2) is 40.1 Å². The van der Waals surface area contributed by atoms with E-state index in [2.05, 4.69) is 18.0 Å². The van der Waals surface area contributed by atoms with Gasteiger partial charge in [0.2, 0.25) is 5.91 Å². The van der Waals surface area contributed by atoms with Gasteiger partial charge in [-0.05, 0) is 30.7 Å². The Morgan fingerprint density at radius 3 is 2.73 bits per heavy atom. The van der Waals surface area contributed by atoms with Gasteiger partial charge in [-0.3, -0.25) is 14.6 Å². The summed E-state index contributed by atoms with van der Waals surface area (Å²) in [5, 5.41) is 9.03. The Morgan fingerprint density at radius 1 is 1.30 bits per heavy atom. The van der Waals surface area contributed by atoms with Crippen molar-refractivity contribution in [3.8, 4) is 6.07 Å². The number of nitriles is 1. The molecule has 1 aromatic heterocycles. The highest BCUT2D eigenvalue weighted by molar-refractivity contribution is 6.00. The van der Waals surface area contributed by atoms with Crippen molar-refractivity contribution >= 4 is 17.8 Å². The number of rotatable bonds is 6. The molecule has 1 aliphatic carbocycles. The number of carbonyl (C=O) groups excluding carboxylic acids is 2. The molecule has 0 bridgehead atoms. The average Bonchev–Trinajstić information content (AvgIpc) is 3.06. The Labute approximate surface area is 175 Å². The molecule has 1 aliphatic heterocycles. The van der Waals surface area contributed by atoms with Gasteiger partial charge in [0.15, 0.2) is 5.78 Å². The molecule has 30 heavy (non-hydrogen) atoms. The molecule has 3 rings (SSSR count). The number of carbonyl (C=O) groups is 2. The van der Waals surface area contributed by atoms with Gasteiger partial charge < -0.3 is 4.90 Å². The molecule has 1 aromatic rings. The molecule has 2 aliphatic rings. The lowest BCUT2D eigenvalue weighted by atomic mass is 9.82. The summed E-state index contributed by atoms with van der Waals surface area (Å²) in [5.41, 5.74) is 1.18. The van der Waals surface area contributed by atoms with E-state index in [-0.39, 0.29) is 18.6 Å². The van der Waals surface area contributed by atoms with Crippen LogP contribution in [0.25, 0.3) is 6.08 Å².